The summed E-state index contributed by atoms with van der Waals surface area (Å²) < 4.78 is 5.31. The highest BCUT2D eigenvalue weighted by atomic mass is 16.5. The summed E-state index contributed by atoms with van der Waals surface area (Å²) in [6.45, 7) is 11.2. The van der Waals surface area contributed by atoms with Gasteiger partial charge in [0.15, 0.2) is 0 Å². The van der Waals surface area contributed by atoms with E-state index in [2.05, 4.69) is 25.8 Å². The van der Waals surface area contributed by atoms with Crippen molar-refractivity contribution >= 4 is 0 Å². The fourth-order valence-corrected chi connectivity index (χ4v) is 0.936. The predicted molar refractivity (Wildman–Crippen MR) is 48.9 cm³/mol. The molecule has 0 aromatic heterocycles. The molecule has 2 nitrogen and oxygen atoms in total. The van der Waals surface area contributed by atoms with Gasteiger partial charge in [-0.2, -0.15) is 0 Å². The van der Waals surface area contributed by atoms with Crippen molar-refractivity contribution in [3.63, 3.8) is 0 Å². The molecule has 0 unspecified atom stereocenters. The number of hydrogen-bond donors (Lipinski definition) is 0. The molecular weight excluding hydrogens is 138 g/mol. The first kappa shape index (κ1) is 10.9. The van der Waals surface area contributed by atoms with E-state index in [1.54, 1.807) is 0 Å². The van der Waals surface area contributed by atoms with Crippen LogP contribution in [0.15, 0.2) is 0 Å². The Balaban J connectivity index is 0.000000461. The van der Waals surface area contributed by atoms with Crippen LogP contribution in [0, 0.1) is 0 Å². The molecule has 1 heterocycles. The molecule has 68 valence electrons. The van der Waals surface area contributed by atoms with Gasteiger partial charge in [-0.1, -0.05) is 13.8 Å². The van der Waals surface area contributed by atoms with Gasteiger partial charge in [0, 0.05) is 12.1 Å². The molecule has 0 radical (unpaired) electrons. The van der Waals surface area contributed by atoms with Gasteiger partial charge in [-0.15, -0.1) is 0 Å². The van der Waals surface area contributed by atoms with Gasteiger partial charge in [0.2, 0.25) is 0 Å². The Kier molecular flexibility index (Phi) is 4.69. The third-order valence-corrected chi connectivity index (χ3v) is 2.06. The summed E-state index contributed by atoms with van der Waals surface area (Å²) in [5.41, 5.74) is 0.248. The Bertz CT molecular complexity index is 102. The first-order valence-electron chi connectivity index (χ1n) is 4.42. The maximum absolute atomic E-state index is 5.31. The summed E-state index contributed by atoms with van der Waals surface area (Å²) >= 11 is 0. The van der Waals surface area contributed by atoms with E-state index in [-0.39, 0.29) is 5.54 Å². The average Bonchev–Trinajstić information content (AvgIpc) is 2.00. The predicted octanol–water partition coefficient (Wildman–Crippen LogP) is 1.75. The van der Waals surface area contributed by atoms with E-state index < -0.39 is 0 Å². The fourth-order valence-electron chi connectivity index (χ4n) is 0.936. The van der Waals surface area contributed by atoms with Crippen LogP contribution in [0.5, 0.6) is 0 Å². The van der Waals surface area contributed by atoms with Crippen LogP contribution in [0.1, 0.15) is 27.7 Å². The largest absolute Gasteiger partial charge is 0.378 e. The molecule has 0 aromatic rings. The van der Waals surface area contributed by atoms with Crippen LogP contribution < -0.4 is 0 Å². The van der Waals surface area contributed by atoms with Crippen LogP contribution in [-0.4, -0.2) is 37.2 Å². The van der Waals surface area contributed by atoms with Crippen LogP contribution >= 0.6 is 0 Å². The molecule has 0 aromatic carbocycles. The summed E-state index contributed by atoms with van der Waals surface area (Å²) in [5, 5.41) is 0. The monoisotopic (exact) mass is 159 g/mol. The van der Waals surface area contributed by atoms with Crippen molar-refractivity contribution in [1.29, 1.82) is 0 Å². The van der Waals surface area contributed by atoms with Crippen molar-refractivity contribution < 1.29 is 4.74 Å². The van der Waals surface area contributed by atoms with E-state index in [1.165, 1.54) is 0 Å². The highest BCUT2D eigenvalue weighted by Gasteiger charge is 2.26. The molecule has 0 saturated carbocycles. The lowest BCUT2D eigenvalue weighted by molar-refractivity contribution is -0.0372. The minimum Gasteiger partial charge on any atom is -0.378 e. The van der Waals surface area contributed by atoms with Crippen LogP contribution in [0.25, 0.3) is 0 Å². The van der Waals surface area contributed by atoms with Gasteiger partial charge in [-0.25, -0.2) is 0 Å². The van der Waals surface area contributed by atoms with E-state index in [0.717, 1.165) is 19.8 Å². The number of hydrogen-bond acceptors (Lipinski definition) is 2. The Labute approximate surface area is 70.5 Å². The lowest BCUT2D eigenvalue weighted by Gasteiger charge is -2.39. The van der Waals surface area contributed by atoms with Crippen molar-refractivity contribution in [3.8, 4) is 0 Å². The van der Waals surface area contributed by atoms with Gasteiger partial charge in [-0.3, -0.25) is 4.90 Å². The van der Waals surface area contributed by atoms with Gasteiger partial charge in [0.1, 0.15) is 0 Å². The van der Waals surface area contributed by atoms with E-state index in [9.17, 15) is 0 Å². The molecule has 0 N–H and O–H groups in total. The Hall–Kier alpha value is -0.0800. The lowest BCUT2D eigenvalue weighted by atomic mass is 10.0. The van der Waals surface area contributed by atoms with E-state index >= 15 is 0 Å². The Morgan fingerprint density at radius 3 is 2.09 bits per heavy atom. The fraction of sp³-hybridized carbons (Fsp3) is 1.00. The summed E-state index contributed by atoms with van der Waals surface area (Å²) in [7, 11) is 2.14. The van der Waals surface area contributed by atoms with Crippen molar-refractivity contribution in [3.05, 3.63) is 0 Å². The van der Waals surface area contributed by atoms with Crippen LogP contribution in [0.3, 0.4) is 0 Å². The maximum atomic E-state index is 5.31. The molecule has 1 fully saturated rings. The quantitative estimate of drug-likeness (QED) is 0.534. The number of likely N-dealkylation sites (N-methyl/N-ethyl adjacent to an activating group) is 1. The smallest absolute Gasteiger partial charge is 0.0645 e. The van der Waals surface area contributed by atoms with Crippen molar-refractivity contribution in [2.75, 3.05) is 26.8 Å². The van der Waals surface area contributed by atoms with Gasteiger partial charge in [0.25, 0.3) is 0 Å². The highest BCUT2D eigenvalue weighted by molar-refractivity contribution is 4.81. The van der Waals surface area contributed by atoms with E-state index in [4.69, 9.17) is 4.74 Å². The highest BCUT2D eigenvalue weighted by Crippen LogP contribution is 2.15. The second-order valence-corrected chi connectivity index (χ2v) is 3.29. The van der Waals surface area contributed by atoms with Crippen LogP contribution in [-0.2, 0) is 4.74 Å². The molecule has 1 rings (SSSR count). The summed E-state index contributed by atoms with van der Waals surface area (Å²) in [6, 6.07) is 0. The van der Waals surface area contributed by atoms with Gasteiger partial charge in [0.05, 0.1) is 13.2 Å². The third kappa shape index (κ3) is 3.21. The Morgan fingerprint density at radius 2 is 1.82 bits per heavy atom. The van der Waals surface area contributed by atoms with Crippen molar-refractivity contribution in [2.24, 2.45) is 0 Å². The second-order valence-electron chi connectivity index (χ2n) is 3.29. The number of ether oxygens (including phenoxy) is 1. The molecule has 1 aliphatic heterocycles. The SMILES string of the molecule is CC.CN1CCOCC1(C)C. The third-order valence-electron chi connectivity index (χ3n) is 2.06. The molecule has 0 spiro atoms. The second kappa shape index (κ2) is 4.73. The molecule has 1 aliphatic rings. The molecule has 0 bridgehead atoms. The number of morpholine rings is 1. The minimum absolute atomic E-state index is 0.248. The standard InChI is InChI=1S/C7H15NO.C2H6/c1-7(2)6-9-5-4-8(7)3;1-2/h4-6H2,1-3H3;1-2H3. The molecule has 0 amide bonds. The zero-order valence-corrected chi connectivity index (χ0v) is 8.48. The zero-order chi connectivity index (χ0) is 8.91. The molecule has 0 aliphatic carbocycles. The molecule has 2 heteroatoms. The first-order chi connectivity index (χ1) is 5.13. The van der Waals surface area contributed by atoms with Gasteiger partial charge in [-0.05, 0) is 20.9 Å². The Morgan fingerprint density at radius 1 is 1.27 bits per heavy atom. The van der Waals surface area contributed by atoms with Gasteiger partial charge >= 0.3 is 0 Å². The average molecular weight is 159 g/mol. The molecule has 0 atom stereocenters. The molecular formula is C9H21NO. The van der Waals surface area contributed by atoms with Crippen LogP contribution in [0.4, 0.5) is 0 Å². The number of rotatable bonds is 0. The summed E-state index contributed by atoms with van der Waals surface area (Å²) in [6.07, 6.45) is 0. The minimum atomic E-state index is 0.248. The normalized spacial score (nSPS) is 23.7. The zero-order valence-electron chi connectivity index (χ0n) is 8.48. The summed E-state index contributed by atoms with van der Waals surface area (Å²) in [4.78, 5) is 2.33. The van der Waals surface area contributed by atoms with Crippen molar-refractivity contribution in [1.82, 2.24) is 4.90 Å². The topological polar surface area (TPSA) is 12.5 Å². The van der Waals surface area contributed by atoms with E-state index in [1.807, 2.05) is 13.8 Å². The van der Waals surface area contributed by atoms with Crippen LogP contribution in [0.2, 0.25) is 0 Å². The molecule has 1 saturated heterocycles. The summed E-state index contributed by atoms with van der Waals surface area (Å²) in [5.74, 6) is 0. The van der Waals surface area contributed by atoms with E-state index in [0.29, 0.717) is 0 Å². The van der Waals surface area contributed by atoms with Gasteiger partial charge < -0.3 is 4.74 Å². The lowest BCUT2D eigenvalue weighted by Crippen LogP contribution is -2.50. The van der Waals surface area contributed by atoms with Crippen molar-refractivity contribution in [2.45, 2.75) is 33.2 Å². The maximum Gasteiger partial charge on any atom is 0.0645 e. The first-order valence-corrected chi connectivity index (χ1v) is 4.42. The molecule has 11 heavy (non-hydrogen) atoms. The number of nitrogens with zero attached hydrogens (tertiary/aromatic N) is 1.